The van der Waals surface area contributed by atoms with Gasteiger partial charge in [0.15, 0.2) is 0 Å². The number of halogens is 6. The number of imidazole rings is 1. The van der Waals surface area contributed by atoms with Crippen LogP contribution in [-0.4, -0.2) is 62.5 Å². The quantitative estimate of drug-likeness (QED) is 0.113. The molecule has 0 aliphatic carbocycles. The second kappa shape index (κ2) is 15.5. The Morgan fingerprint density at radius 3 is 2.10 bits per heavy atom. The van der Waals surface area contributed by atoms with Crippen LogP contribution in [0.15, 0.2) is 85.2 Å². The van der Waals surface area contributed by atoms with Gasteiger partial charge >= 0.3 is 24.3 Å². The van der Waals surface area contributed by atoms with Crippen molar-refractivity contribution in [1.29, 1.82) is 0 Å². The molecule has 12 nitrogen and oxygen atoms in total. The Morgan fingerprint density at radius 1 is 0.878 bits per heavy atom. The molecule has 1 amide bonds. The van der Waals surface area contributed by atoms with Gasteiger partial charge in [-0.3, -0.25) is 4.79 Å². The average Bonchev–Trinajstić information content (AvgIpc) is 3.53. The number of aromatic nitrogens is 3. The summed E-state index contributed by atoms with van der Waals surface area (Å²) in [5.74, 6) is -4.12. The van der Waals surface area contributed by atoms with Crippen LogP contribution in [0.5, 0.6) is 5.75 Å². The van der Waals surface area contributed by atoms with E-state index in [0.717, 1.165) is 27.8 Å². The zero-order chi connectivity index (χ0) is 36.5. The predicted molar refractivity (Wildman–Crippen MR) is 165 cm³/mol. The molecule has 258 valence electrons. The molecule has 0 aliphatic heterocycles. The van der Waals surface area contributed by atoms with Gasteiger partial charge < -0.3 is 36.7 Å². The normalized spacial score (nSPS) is 11.7. The minimum atomic E-state index is -5.08. The molecule has 0 aliphatic rings. The van der Waals surface area contributed by atoms with Crippen molar-refractivity contribution >= 4 is 40.1 Å². The number of aliphatic carboxylic acids is 2. The molecule has 2 aromatic heterocycles. The molecule has 0 radical (unpaired) electrons. The molecule has 1 atom stereocenters. The lowest BCUT2D eigenvalue weighted by molar-refractivity contribution is -0.193. The minimum absolute atomic E-state index is 0.337. The van der Waals surface area contributed by atoms with Crippen LogP contribution in [0.3, 0.4) is 0 Å². The summed E-state index contributed by atoms with van der Waals surface area (Å²) in [6.45, 7) is 0. The molecule has 18 heteroatoms. The molecular weight excluding hydrogens is 666 g/mol. The van der Waals surface area contributed by atoms with Gasteiger partial charge in [-0.1, -0.05) is 30.3 Å². The number of carbonyl (C=O) groups is 3. The highest BCUT2D eigenvalue weighted by molar-refractivity contribution is 5.99. The van der Waals surface area contributed by atoms with Crippen LogP contribution in [0.2, 0.25) is 0 Å². The first-order chi connectivity index (χ1) is 22.9. The number of amides is 1. The van der Waals surface area contributed by atoms with E-state index in [2.05, 4.69) is 20.3 Å². The zero-order valence-electron chi connectivity index (χ0n) is 25.0. The van der Waals surface area contributed by atoms with E-state index in [1.165, 1.54) is 0 Å². The number of carboxylic acid groups (broad SMARTS) is 2. The fraction of sp³-hybridized carbons (Fsp3) is 0.129. The van der Waals surface area contributed by atoms with Gasteiger partial charge in [0.05, 0.1) is 19.0 Å². The van der Waals surface area contributed by atoms with Crippen LogP contribution in [0.25, 0.3) is 22.0 Å². The number of H-pyrrole nitrogens is 1. The average molecular weight is 693 g/mol. The molecule has 2 heterocycles. The molecule has 3 aromatic carbocycles. The highest BCUT2D eigenvalue weighted by Gasteiger charge is 2.38. The Kier molecular flexibility index (Phi) is 11.8. The Morgan fingerprint density at radius 2 is 1.51 bits per heavy atom. The largest absolute Gasteiger partial charge is 0.497 e. The summed E-state index contributed by atoms with van der Waals surface area (Å²) in [6.07, 6.45) is -6.77. The number of nitrogens with zero attached hydrogens (tertiary/aromatic N) is 2. The van der Waals surface area contributed by atoms with E-state index in [0.29, 0.717) is 28.5 Å². The van der Waals surface area contributed by atoms with Gasteiger partial charge in [-0.15, -0.1) is 0 Å². The first kappa shape index (κ1) is 37.1. The number of fused-ring (bicyclic) bond motifs is 1. The van der Waals surface area contributed by atoms with Crippen LogP contribution >= 0.6 is 0 Å². The number of aromatic amines is 1. The standard InChI is InChI=1S/C27H24N6O2.2C2HF3O2/c1-35-19-6-4-5-17(14-19)24(32-18-9-10-20-16(13-18)11-12-30-25(20)28)27-31-15-23(33-27)21-7-2-3-8-22(21)26(29)34;2*3-2(4,5)1(6)7/h2-15,24,32H,1H3,(H2,28,30)(H2,29,34)(H,31,33);2*(H,6,7). The highest BCUT2D eigenvalue weighted by Crippen LogP contribution is 2.31. The highest BCUT2D eigenvalue weighted by atomic mass is 19.4. The van der Waals surface area contributed by atoms with E-state index in [4.69, 9.17) is 36.0 Å². The van der Waals surface area contributed by atoms with Crippen molar-refractivity contribution in [2.45, 2.75) is 18.4 Å². The number of rotatable bonds is 7. The summed E-state index contributed by atoms with van der Waals surface area (Å²) in [6, 6.07) is 22.5. The third-order valence-corrected chi connectivity index (χ3v) is 6.37. The fourth-order valence-electron chi connectivity index (χ4n) is 4.14. The monoisotopic (exact) mass is 692 g/mol. The van der Waals surface area contributed by atoms with Crippen LogP contribution in [0.4, 0.5) is 37.8 Å². The number of hydrogen-bond donors (Lipinski definition) is 6. The maximum absolute atomic E-state index is 11.9. The molecule has 0 fully saturated rings. The molecule has 5 aromatic rings. The predicted octanol–water partition coefficient (Wildman–Crippen LogP) is 5.78. The second-order valence-corrected chi connectivity index (χ2v) is 9.68. The number of alkyl halides is 6. The number of benzene rings is 3. The number of methoxy groups -OCH3 is 1. The lowest BCUT2D eigenvalue weighted by atomic mass is 10.0. The third-order valence-electron chi connectivity index (χ3n) is 6.37. The Balaban J connectivity index is 0.000000392. The topological polar surface area (TPSA) is 207 Å². The van der Waals surface area contributed by atoms with Crippen molar-refractivity contribution in [3.63, 3.8) is 0 Å². The summed E-state index contributed by atoms with van der Waals surface area (Å²) in [5.41, 5.74) is 15.2. The number of nitrogens with one attached hydrogen (secondary N) is 2. The van der Waals surface area contributed by atoms with E-state index in [1.807, 2.05) is 60.7 Å². The molecule has 1 unspecified atom stereocenters. The second-order valence-electron chi connectivity index (χ2n) is 9.68. The maximum atomic E-state index is 11.9. The number of nitrogen functional groups attached to an aromatic ring is 1. The van der Waals surface area contributed by atoms with E-state index in [-0.39, 0.29) is 6.04 Å². The number of carbonyl (C=O) groups excluding carboxylic acids is 1. The Labute approximate surface area is 272 Å². The van der Waals surface area contributed by atoms with Gasteiger partial charge in [0.2, 0.25) is 5.91 Å². The smallest absolute Gasteiger partial charge is 0.490 e. The first-order valence-corrected chi connectivity index (χ1v) is 13.5. The summed E-state index contributed by atoms with van der Waals surface area (Å²) in [7, 11) is 1.63. The molecule has 0 bridgehead atoms. The number of nitrogens with two attached hydrogens (primary N) is 2. The van der Waals surface area contributed by atoms with E-state index < -0.39 is 30.2 Å². The molecule has 0 spiro atoms. The maximum Gasteiger partial charge on any atom is 0.490 e. The van der Waals surface area contributed by atoms with E-state index >= 15 is 0 Å². The molecule has 0 saturated heterocycles. The SMILES string of the molecule is COc1cccc(C(Nc2ccc3c(N)nccc3c2)c2ncc(-c3ccccc3C(N)=O)[nH]2)c1.O=C(O)C(F)(F)F.O=C(O)C(F)(F)F. The molecule has 8 N–H and O–H groups in total. The third kappa shape index (κ3) is 10.1. The van der Waals surface area contributed by atoms with Gasteiger partial charge in [-0.25, -0.2) is 19.6 Å². The lowest BCUT2D eigenvalue weighted by Crippen LogP contribution is -2.21. The van der Waals surface area contributed by atoms with Crippen molar-refractivity contribution in [2.24, 2.45) is 5.73 Å². The molecule has 49 heavy (non-hydrogen) atoms. The lowest BCUT2D eigenvalue weighted by Gasteiger charge is -2.20. The number of carboxylic acids is 2. The number of anilines is 2. The first-order valence-electron chi connectivity index (χ1n) is 13.5. The summed E-state index contributed by atoms with van der Waals surface area (Å²) < 4.78 is 68.9. The minimum Gasteiger partial charge on any atom is -0.497 e. The van der Waals surface area contributed by atoms with Crippen molar-refractivity contribution in [3.05, 3.63) is 102 Å². The van der Waals surface area contributed by atoms with Crippen LogP contribution in [0.1, 0.15) is 27.8 Å². The van der Waals surface area contributed by atoms with Gasteiger partial charge in [-0.2, -0.15) is 26.3 Å². The van der Waals surface area contributed by atoms with Gasteiger partial charge in [0.25, 0.3) is 0 Å². The molecular formula is C31H26F6N6O6. The van der Waals surface area contributed by atoms with Crippen molar-refractivity contribution in [2.75, 3.05) is 18.2 Å². The Bertz CT molecular complexity index is 1920. The van der Waals surface area contributed by atoms with Gasteiger partial charge in [0, 0.05) is 28.4 Å². The molecule has 5 rings (SSSR count). The van der Waals surface area contributed by atoms with Gasteiger partial charge in [-0.05, 0) is 53.4 Å². The van der Waals surface area contributed by atoms with Crippen molar-refractivity contribution < 1.29 is 55.7 Å². The van der Waals surface area contributed by atoms with E-state index in [1.54, 1.807) is 31.6 Å². The van der Waals surface area contributed by atoms with Crippen LogP contribution in [-0.2, 0) is 9.59 Å². The van der Waals surface area contributed by atoms with Crippen LogP contribution in [0, 0.1) is 0 Å². The fourth-order valence-corrected chi connectivity index (χ4v) is 4.14. The summed E-state index contributed by atoms with van der Waals surface area (Å²) >= 11 is 0. The number of ether oxygens (including phenoxy) is 1. The molecule has 0 saturated carbocycles. The van der Waals surface area contributed by atoms with Crippen molar-refractivity contribution in [3.8, 4) is 17.0 Å². The number of primary amides is 1. The number of pyridine rings is 1. The summed E-state index contributed by atoms with van der Waals surface area (Å²) in [4.78, 5) is 41.9. The van der Waals surface area contributed by atoms with Crippen LogP contribution < -0.4 is 21.5 Å². The van der Waals surface area contributed by atoms with Gasteiger partial charge in [0.1, 0.15) is 23.4 Å². The van der Waals surface area contributed by atoms with Crippen molar-refractivity contribution in [1.82, 2.24) is 15.0 Å². The Hall–Kier alpha value is -6.33. The number of hydrogen-bond acceptors (Lipinski definition) is 8. The zero-order valence-corrected chi connectivity index (χ0v) is 25.0. The summed E-state index contributed by atoms with van der Waals surface area (Å²) in [5, 5.41) is 19.7. The van der Waals surface area contributed by atoms with E-state index in [9.17, 15) is 31.1 Å².